The van der Waals surface area contributed by atoms with E-state index in [9.17, 15) is 14.9 Å². The quantitative estimate of drug-likeness (QED) is 0.248. The molecule has 2 aromatic heterocycles. The van der Waals surface area contributed by atoms with Crippen LogP contribution in [0.15, 0.2) is 52.9 Å². The number of hydrogen-bond donors (Lipinski definition) is 2. The molecule has 0 saturated carbocycles. The topological polar surface area (TPSA) is 110 Å². The number of amides is 1. The van der Waals surface area contributed by atoms with Gasteiger partial charge in [-0.25, -0.2) is 4.98 Å². The Balaban J connectivity index is 1.48. The summed E-state index contributed by atoms with van der Waals surface area (Å²) in [5.41, 5.74) is 3.23. The summed E-state index contributed by atoms with van der Waals surface area (Å²) < 4.78 is 6.59. The second-order valence-electron chi connectivity index (χ2n) is 6.74. The molecule has 4 aromatic rings. The molecule has 8 nitrogen and oxygen atoms in total. The number of hydrogen-bond acceptors (Lipinski definition) is 7. The highest BCUT2D eigenvalue weighted by molar-refractivity contribution is 7.80. The monoisotopic (exact) mass is 452 g/mol. The van der Waals surface area contributed by atoms with Crippen LogP contribution in [-0.2, 0) is 0 Å². The number of nitrogens with zero attached hydrogens (tertiary/aromatic N) is 2. The number of fused-ring (bicyclic) bond motifs is 1. The molecule has 0 unspecified atom stereocenters. The van der Waals surface area contributed by atoms with E-state index in [1.165, 1.54) is 29.5 Å². The average molecular weight is 453 g/mol. The average Bonchev–Trinajstić information content (AvgIpc) is 3.39. The molecule has 2 heterocycles. The second-order valence-corrected chi connectivity index (χ2v) is 8.15. The van der Waals surface area contributed by atoms with Crippen molar-refractivity contribution in [2.75, 3.05) is 5.32 Å². The number of anilines is 1. The van der Waals surface area contributed by atoms with Gasteiger partial charge in [0, 0.05) is 6.07 Å². The third kappa shape index (κ3) is 4.16. The summed E-state index contributed by atoms with van der Waals surface area (Å²) in [6.07, 6.45) is 0. The lowest BCUT2D eigenvalue weighted by atomic mass is 10.1. The Morgan fingerprint density at radius 1 is 1.13 bits per heavy atom. The third-order valence-corrected chi connectivity index (χ3v) is 5.90. The van der Waals surface area contributed by atoms with Gasteiger partial charge in [0.25, 0.3) is 11.6 Å². The van der Waals surface area contributed by atoms with Gasteiger partial charge >= 0.3 is 0 Å². The highest BCUT2D eigenvalue weighted by Crippen LogP contribution is 2.32. The van der Waals surface area contributed by atoms with Gasteiger partial charge in [0.2, 0.25) is 0 Å². The number of thiazole rings is 1. The molecule has 156 valence electrons. The van der Waals surface area contributed by atoms with Crippen molar-refractivity contribution in [1.29, 1.82) is 0 Å². The lowest BCUT2D eigenvalue weighted by Gasteiger charge is -2.05. The molecule has 31 heavy (non-hydrogen) atoms. The predicted octanol–water partition coefficient (Wildman–Crippen LogP) is 5.21. The summed E-state index contributed by atoms with van der Waals surface area (Å²) in [5.74, 6) is -0.377. The van der Waals surface area contributed by atoms with E-state index in [0.717, 1.165) is 21.3 Å². The number of carbonyl (C=O) groups excluding carboxylic acids is 1. The maximum absolute atomic E-state index is 12.5. The van der Waals surface area contributed by atoms with Gasteiger partial charge in [0.05, 0.1) is 20.7 Å². The van der Waals surface area contributed by atoms with Gasteiger partial charge in [-0.05, 0) is 55.4 Å². The minimum absolute atomic E-state index is 0.0201. The maximum Gasteiger partial charge on any atom is 0.293 e. The number of para-hydroxylation sites is 1. The van der Waals surface area contributed by atoms with E-state index in [2.05, 4.69) is 15.6 Å². The molecule has 0 fully saturated rings. The molecule has 0 atom stereocenters. The molecule has 1 amide bonds. The fourth-order valence-electron chi connectivity index (χ4n) is 3.05. The third-order valence-electron chi connectivity index (χ3n) is 4.59. The van der Waals surface area contributed by atoms with E-state index in [1.807, 2.05) is 26.0 Å². The van der Waals surface area contributed by atoms with Crippen LogP contribution in [0, 0.1) is 24.0 Å². The zero-order valence-electron chi connectivity index (χ0n) is 16.5. The van der Waals surface area contributed by atoms with Gasteiger partial charge in [0.1, 0.15) is 5.76 Å². The standard InChI is InChI=1S/C21H16N4O4S2/c1-11-7-8-12(2)18-17(11)22-21(31-18)24-20(30)23-19(26)16-10-9-15(29-16)13-5-3-4-6-14(13)25(27)28/h3-10H,1-2H3,(H2,22,23,24,26,30). The summed E-state index contributed by atoms with van der Waals surface area (Å²) >= 11 is 6.68. The van der Waals surface area contributed by atoms with E-state index < -0.39 is 10.8 Å². The van der Waals surface area contributed by atoms with Crippen molar-refractivity contribution in [2.24, 2.45) is 0 Å². The Morgan fingerprint density at radius 3 is 2.61 bits per heavy atom. The number of benzene rings is 2. The lowest BCUT2D eigenvalue weighted by Crippen LogP contribution is -2.33. The number of rotatable bonds is 4. The van der Waals surface area contributed by atoms with Crippen LogP contribution in [0.2, 0.25) is 0 Å². The lowest BCUT2D eigenvalue weighted by molar-refractivity contribution is -0.384. The van der Waals surface area contributed by atoms with Crippen molar-refractivity contribution in [1.82, 2.24) is 10.3 Å². The Labute approximate surface area is 186 Å². The van der Waals surface area contributed by atoms with E-state index in [4.69, 9.17) is 16.6 Å². The normalized spacial score (nSPS) is 10.8. The molecule has 0 aliphatic heterocycles. The summed E-state index contributed by atoms with van der Waals surface area (Å²) in [7, 11) is 0. The summed E-state index contributed by atoms with van der Waals surface area (Å²) in [4.78, 5) is 27.8. The Morgan fingerprint density at radius 2 is 1.87 bits per heavy atom. The molecule has 0 aliphatic rings. The molecule has 0 bridgehead atoms. The van der Waals surface area contributed by atoms with Crippen LogP contribution in [0.4, 0.5) is 10.8 Å². The number of nitrogens with one attached hydrogen (secondary N) is 2. The van der Waals surface area contributed by atoms with Gasteiger partial charge in [-0.1, -0.05) is 35.6 Å². The molecule has 2 aromatic carbocycles. The van der Waals surface area contributed by atoms with Crippen molar-refractivity contribution in [3.63, 3.8) is 0 Å². The Bertz CT molecular complexity index is 1300. The first-order chi connectivity index (χ1) is 14.8. The largest absolute Gasteiger partial charge is 0.451 e. The minimum atomic E-state index is -0.573. The summed E-state index contributed by atoms with van der Waals surface area (Å²) in [5, 5.41) is 17.3. The van der Waals surface area contributed by atoms with E-state index >= 15 is 0 Å². The zero-order valence-corrected chi connectivity index (χ0v) is 18.1. The van der Waals surface area contributed by atoms with Crippen LogP contribution in [0.5, 0.6) is 0 Å². The fraction of sp³-hybridized carbons (Fsp3) is 0.0952. The number of furan rings is 1. The van der Waals surface area contributed by atoms with E-state index in [0.29, 0.717) is 5.13 Å². The van der Waals surface area contributed by atoms with Crippen LogP contribution in [0.3, 0.4) is 0 Å². The van der Waals surface area contributed by atoms with Gasteiger partial charge in [-0.3, -0.25) is 20.2 Å². The molecule has 0 radical (unpaired) electrons. The van der Waals surface area contributed by atoms with Gasteiger partial charge in [-0.15, -0.1) is 0 Å². The van der Waals surface area contributed by atoms with Crippen molar-refractivity contribution >= 4 is 55.6 Å². The number of nitro benzene ring substituents is 1. The first kappa shape index (κ1) is 20.6. The molecule has 2 N–H and O–H groups in total. The molecule has 0 spiro atoms. The van der Waals surface area contributed by atoms with Gasteiger partial charge in [0.15, 0.2) is 16.0 Å². The van der Waals surface area contributed by atoms with Crippen LogP contribution < -0.4 is 10.6 Å². The van der Waals surface area contributed by atoms with Crippen LogP contribution >= 0.6 is 23.6 Å². The number of thiocarbonyl (C=S) groups is 1. The van der Waals surface area contributed by atoms with Crippen molar-refractivity contribution in [3.8, 4) is 11.3 Å². The molecule has 0 saturated heterocycles. The minimum Gasteiger partial charge on any atom is -0.451 e. The van der Waals surface area contributed by atoms with Crippen LogP contribution in [0.1, 0.15) is 21.7 Å². The van der Waals surface area contributed by atoms with E-state index in [-0.39, 0.29) is 27.9 Å². The number of aromatic nitrogens is 1. The number of nitro groups is 1. The SMILES string of the molecule is Cc1ccc(C)c2sc(NC(=S)NC(=O)c3ccc(-c4ccccc4[N+](=O)[O-])o3)nc12. The smallest absolute Gasteiger partial charge is 0.293 e. The van der Waals surface area contributed by atoms with E-state index in [1.54, 1.807) is 18.2 Å². The molecular formula is C21H16N4O4S2. The zero-order chi connectivity index (χ0) is 22.1. The molecular weight excluding hydrogens is 436 g/mol. The highest BCUT2D eigenvalue weighted by atomic mass is 32.1. The predicted molar refractivity (Wildman–Crippen MR) is 124 cm³/mol. The first-order valence-corrected chi connectivity index (χ1v) is 10.4. The number of carbonyl (C=O) groups is 1. The van der Waals surface area contributed by atoms with Crippen LogP contribution in [0.25, 0.3) is 21.5 Å². The first-order valence-electron chi connectivity index (χ1n) is 9.16. The van der Waals surface area contributed by atoms with Crippen molar-refractivity contribution in [2.45, 2.75) is 13.8 Å². The highest BCUT2D eigenvalue weighted by Gasteiger charge is 2.20. The maximum atomic E-state index is 12.5. The van der Waals surface area contributed by atoms with Crippen molar-refractivity contribution in [3.05, 3.63) is 75.5 Å². The summed E-state index contributed by atoms with van der Waals surface area (Å²) in [6.45, 7) is 3.99. The Kier molecular flexibility index (Phi) is 5.49. The second kappa shape index (κ2) is 8.25. The molecule has 10 heteroatoms. The molecule has 4 rings (SSSR count). The Hall–Kier alpha value is -3.63. The summed E-state index contributed by atoms with van der Waals surface area (Å²) in [6, 6.07) is 13.1. The van der Waals surface area contributed by atoms with Gasteiger partial charge < -0.3 is 9.73 Å². The van der Waals surface area contributed by atoms with Crippen molar-refractivity contribution < 1.29 is 14.1 Å². The molecule has 0 aliphatic carbocycles. The van der Waals surface area contributed by atoms with Gasteiger partial charge in [-0.2, -0.15) is 0 Å². The number of aryl methyl sites for hydroxylation is 2. The fourth-order valence-corrected chi connectivity index (χ4v) is 4.32. The van der Waals surface area contributed by atoms with Crippen LogP contribution in [-0.4, -0.2) is 20.9 Å².